The van der Waals surface area contributed by atoms with E-state index >= 15 is 0 Å². The van der Waals surface area contributed by atoms with Crippen molar-refractivity contribution >= 4 is 38.9 Å². The number of anilines is 2. The highest BCUT2D eigenvalue weighted by Crippen LogP contribution is 2.16. The summed E-state index contributed by atoms with van der Waals surface area (Å²) < 4.78 is 26.6. The Morgan fingerprint density at radius 1 is 1.04 bits per heavy atom. The Bertz CT molecular complexity index is 989. The van der Waals surface area contributed by atoms with E-state index in [-0.39, 0.29) is 29.5 Å². The minimum Gasteiger partial charge on any atom is -0.326 e. The molecule has 2 amide bonds. The minimum atomic E-state index is -3.89. The second kappa shape index (κ2) is 9.06. The Hall–Kier alpha value is -3.31. The van der Waals surface area contributed by atoms with Gasteiger partial charge in [0, 0.05) is 43.4 Å². The SMILES string of the molecule is CC(=O)Nc1cccc(NC(=O)CCNS(=O)(=O)c2ccc([N+](=O)[O-])cc2)c1. The highest BCUT2D eigenvalue weighted by molar-refractivity contribution is 7.89. The summed E-state index contributed by atoms with van der Waals surface area (Å²) in [7, 11) is -3.89. The van der Waals surface area contributed by atoms with Crippen LogP contribution in [0.3, 0.4) is 0 Å². The lowest BCUT2D eigenvalue weighted by Crippen LogP contribution is -2.27. The van der Waals surface area contributed by atoms with Gasteiger partial charge in [0.2, 0.25) is 21.8 Å². The maximum absolute atomic E-state index is 12.1. The van der Waals surface area contributed by atoms with Gasteiger partial charge in [0.15, 0.2) is 0 Å². The molecule has 0 aromatic heterocycles. The molecule has 0 saturated heterocycles. The number of nitro benzene ring substituents is 1. The van der Waals surface area contributed by atoms with Gasteiger partial charge in [-0.15, -0.1) is 0 Å². The van der Waals surface area contributed by atoms with Crippen LogP contribution >= 0.6 is 0 Å². The first-order valence-electron chi connectivity index (χ1n) is 8.09. The van der Waals surface area contributed by atoms with E-state index in [1.54, 1.807) is 24.3 Å². The van der Waals surface area contributed by atoms with Gasteiger partial charge in [-0.25, -0.2) is 13.1 Å². The van der Waals surface area contributed by atoms with Crippen molar-refractivity contribution in [2.45, 2.75) is 18.2 Å². The average Bonchev–Trinajstić information content (AvgIpc) is 2.61. The molecule has 0 unspecified atom stereocenters. The summed E-state index contributed by atoms with van der Waals surface area (Å²) in [5.74, 6) is -0.671. The molecular formula is C17H18N4O6S. The van der Waals surface area contributed by atoms with Gasteiger partial charge < -0.3 is 10.6 Å². The standard InChI is InChI=1S/C17H18N4O6S/c1-12(22)19-13-3-2-4-14(11-13)20-17(23)9-10-18-28(26,27)16-7-5-15(6-8-16)21(24)25/h2-8,11,18H,9-10H2,1H3,(H,19,22)(H,20,23). The number of amides is 2. The summed E-state index contributed by atoms with van der Waals surface area (Å²) in [4.78, 5) is 32.9. The summed E-state index contributed by atoms with van der Waals surface area (Å²) in [6.07, 6.45) is -0.128. The zero-order valence-electron chi connectivity index (χ0n) is 14.8. The van der Waals surface area contributed by atoms with Crippen molar-refractivity contribution < 1.29 is 22.9 Å². The zero-order chi connectivity index (χ0) is 20.7. The second-order valence-electron chi connectivity index (χ2n) is 5.71. The third kappa shape index (κ3) is 6.14. The topological polar surface area (TPSA) is 148 Å². The fourth-order valence-electron chi connectivity index (χ4n) is 2.23. The molecule has 10 nitrogen and oxygen atoms in total. The van der Waals surface area contributed by atoms with Crippen LogP contribution in [-0.4, -0.2) is 31.7 Å². The lowest BCUT2D eigenvalue weighted by Gasteiger charge is -2.09. The molecule has 0 bridgehead atoms. The molecular weight excluding hydrogens is 388 g/mol. The van der Waals surface area contributed by atoms with Crippen LogP contribution in [0.5, 0.6) is 0 Å². The molecule has 0 saturated carbocycles. The van der Waals surface area contributed by atoms with Gasteiger partial charge in [0.05, 0.1) is 9.82 Å². The van der Waals surface area contributed by atoms with E-state index in [0.29, 0.717) is 11.4 Å². The molecule has 0 heterocycles. The number of nitro groups is 1. The van der Waals surface area contributed by atoms with Gasteiger partial charge in [-0.05, 0) is 30.3 Å². The monoisotopic (exact) mass is 406 g/mol. The van der Waals surface area contributed by atoms with Crippen LogP contribution < -0.4 is 15.4 Å². The third-order valence-electron chi connectivity index (χ3n) is 3.47. The number of carbonyl (C=O) groups is 2. The molecule has 2 rings (SSSR count). The normalized spacial score (nSPS) is 10.9. The molecule has 0 atom stereocenters. The number of hydrogen-bond donors (Lipinski definition) is 3. The number of nitrogens with zero attached hydrogens (tertiary/aromatic N) is 1. The first-order valence-corrected chi connectivity index (χ1v) is 9.57. The van der Waals surface area contributed by atoms with Crippen molar-refractivity contribution in [1.29, 1.82) is 0 Å². The highest BCUT2D eigenvalue weighted by Gasteiger charge is 2.16. The Morgan fingerprint density at radius 2 is 1.64 bits per heavy atom. The predicted molar refractivity (Wildman–Crippen MR) is 102 cm³/mol. The van der Waals surface area contributed by atoms with E-state index in [4.69, 9.17) is 0 Å². The van der Waals surface area contributed by atoms with E-state index in [1.807, 2.05) is 0 Å². The maximum atomic E-state index is 12.1. The van der Waals surface area contributed by atoms with E-state index < -0.39 is 20.9 Å². The number of hydrogen-bond acceptors (Lipinski definition) is 6. The number of benzene rings is 2. The van der Waals surface area contributed by atoms with Gasteiger partial charge in [-0.2, -0.15) is 0 Å². The van der Waals surface area contributed by atoms with Crippen molar-refractivity contribution in [1.82, 2.24) is 4.72 Å². The van der Waals surface area contributed by atoms with E-state index in [0.717, 1.165) is 24.3 Å². The first-order chi connectivity index (χ1) is 13.2. The molecule has 0 aliphatic heterocycles. The van der Waals surface area contributed by atoms with Crippen LogP contribution in [0, 0.1) is 10.1 Å². The first kappa shape index (κ1) is 21.0. The lowest BCUT2D eigenvalue weighted by atomic mass is 10.2. The zero-order valence-corrected chi connectivity index (χ0v) is 15.7. The van der Waals surface area contributed by atoms with E-state index in [9.17, 15) is 28.1 Å². The van der Waals surface area contributed by atoms with Crippen molar-refractivity contribution in [3.8, 4) is 0 Å². The fourth-order valence-corrected chi connectivity index (χ4v) is 3.26. The third-order valence-corrected chi connectivity index (χ3v) is 4.95. The Kier molecular flexibility index (Phi) is 6.79. The van der Waals surface area contributed by atoms with Crippen molar-refractivity contribution in [3.05, 3.63) is 58.6 Å². The highest BCUT2D eigenvalue weighted by atomic mass is 32.2. The predicted octanol–water partition coefficient (Wildman–Crippen LogP) is 1.86. The van der Waals surface area contributed by atoms with Gasteiger partial charge in [0.1, 0.15) is 0 Å². The van der Waals surface area contributed by atoms with Crippen LogP contribution in [0.4, 0.5) is 17.1 Å². The Labute approximate surface area is 161 Å². The van der Waals surface area contributed by atoms with Crippen molar-refractivity contribution in [3.63, 3.8) is 0 Å². The van der Waals surface area contributed by atoms with Crippen LogP contribution in [0.25, 0.3) is 0 Å². The number of rotatable bonds is 8. The summed E-state index contributed by atoms with van der Waals surface area (Å²) in [5.41, 5.74) is 0.749. The Balaban J connectivity index is 1.89. The quantitative estimate of drug-likeness (QED) is 0.450. The molecule has 3 N–H and O–H groups in total. The summed E-state index contributed by atoms with van der Waals surface area (Å²) in [6.45, 7) is 1.21. The molecule has 0 fully saturated rings. The van der Waals surface area contributed by atoms with E-state index in [1.165, 1.54) is 6.92 Å². The molecule has 2 aromatic carbocycles. The maximum Gasteiger partial charge on any atom is 0.269 e. The summed E-state index contributed by atoms with van der Waals surface area (Å²) in [6, 6.07) is 10.9. The molecule has 0 spiro atoms. The lowest BCUT2D eigenvalue weighted by molar-refractivity contribution is -0.384. The molecule has 11 heteroatoms. The van der Waals surface area contributed by atoms with Crippen LogP contribution in [-0.2, 0) is 19.6 Å². The average molecular weight is 406 g/mol. The van der Waals surface area contributed by atoms with Gasteiger partial charge >= 0.3 is 0 Å². The van der Waals surface area contributed by atoms with Crippen molar-refractivity contribution in [2.75, 3.05) is 17.2 Å². The molecule has 28 heavy (non-hydrogen) atoms. The molecule has 148 valence electrons. The minimum absolute atomic E-state index is 0.128. The summed E-state index contributed by atoms with van der Waals surface area (Å²) in [5, 5.41) is 15.8. The van der Waals surface area contributed by atoms with Gasteiger partial charge in [-0.1, -0.05) is 6.07 Å². The smallest absolute Gasteiger partial charge is 0.269 e. The molecule has 0 aliphatic carbocycles. The summed E-state index contributed by atoms with van der Waals surface area (Å²) >= 11 is 0. The van der Waals surface area contributed by atoms with E-state index in [2.05, 4.69) is 15.4 Å². The molecule has 0 aliphatic rings. The van der Waals surface area contributed by atoms with Crippen molar-refractivity contribution in [2.24, 2.45) is 0 Å². The largest absolute Gasteiger partial charge is 0.326 e. The number of non-ortho nitro benzene ring substituents is 1. The number of nitrogens with one attached hydrogen (secondary N) is 3. The molecule has 0 radical (unpaired) electrons. The number of sulfonamides is 1. The van der Waals surface area contributed by atoms with Gasteiger partial charge in [0.25, 0.3) is 5.69 Å². The fraction of sp³-hybridized carbons (Fsp3) is 0.176. The second-order valence-corrected chi connectivity index (χ2v) is 7.48. The van der Waals surface area contributed by atoms with Crippen LogP contribution in [0.1, 0.15) is 13.3 Å². The molecule has 2 aromatic rings. The van der Waals surface area contributed by atoms with Crippen LogP contribution in [0.2, 0.25) is 0 Å². The van der Waals surface area contributed by atoms with Crippen LogP contribution in [0.15, 0.2) is 53.4 Å². The van der Waals surface area contributed by atoms with Gasteiger partial charge in [-0.3, -0.25) is 19.7 Å². The number of carbonyl (C=O) groups excluding carboxylic acids is 2. The Morgan fingerprint density at radius 3 is 2.21 bits per heavy atom.